The lowest BCUT2D eigenvalue weighted by atomic mass is 10.0. The molecule has 0 aliphatic rings. The Kier molecular flexibility index (Phi) is 59.3. The maximum Gasteiger partial charge on any atom is 0.306 e. The van der Waals surface area contributed by atoms with Crippen LogP contribution in [0.5, 0.6) is 0 Å². The third-order valence-electron chi connectivity index (χ3n) is 14.7. The molecule has 10 heteroatoms. The summed E-state index contributed by atoms with van der Waals surface area (Å²) in [5, 5.41) is 3.03. The molecule has 0 aromatic carbocycles. The molecule has 1 N–H and O–H groups in total. The molecule has 1 amide bonds. The number of carbonyl (C=O) groups excluding carboxylic acids is 2. The quantitative estimate of drug-likeness (QED) is 0.0212. The topological polar surface area (TPSA) is 114 Å². The number of allylic oxidation sites excluding steroid dienone is 17. The normalized spacial score (nSPS) is 14.3. The molecule has 0 fully saturated rings. The first-order valence-corrected chi connectivity index (χ1v) is 35.7. The number of nitrogens with one attached hydrogen (secondary N) is 1. The van der Waals surface area contributed by atoms with E-state index in [4.69, 9.17) is 13.8 Å². The van der Waals surface area contributed by atoms with Gasteiger partial charge in [-0.25, -0.2) is 0 Å². The zero-order valence-electron chi connectivity index (χ0n) is 54.6. The number of phosphoric acid groups is 1. The van der Waals surface area contributed by atoms with Gasteiger partial charge < -0.3 is 28.5 Å². The van der Waals surface area contributed by atoms with Crippen LogP contribution in [0.4, 0.5) is 0 Å². The highest BCUT2D eigenvalue weighted by molar-refractivity contribution is 7.45. The van der Waals surface area contributed by atoms with Crippen molar-refractivity contribution in [2.75, 3.05) is 40.9 Å². The molecule has 0 bridgehead atoms. The molecule has 9 nitrogen and oxygen atoms in total. The van der Waals surface area contributed by atoms with Gasteiger partial charge in [0.25, 0.3) is 7.82 Å². The molecule has 0 aromatic heterocycles. The van der Waals surface area contributed by atoms with Crippen LogP contribution in [0, 0.1) is 0 Å². The van der Waals surface area contributed by atoms with Crippen molar-refractivity contribution >= 4 is 19.7 Å². The maximum absolute atomic E-state index is 13.6. The summed E-state index contributed by atoms with van der Waals surface area (Å²) in [6, 6.07) is -0.902. The fourth-order valence-corrected chi connectivity index (χ4v) is 10.2. The molecule has 0 aliphatic heterocycles. The molecule has 3 atom stereocenters. The second-order valence-electron chi connectivity index (χ2n) is 23.9. The van der Waals surface area contributed by atoms with Crippen LogP contribution in [0.2, 0.25) is 0 Å². The number of quaternary nitrogens is 1. The van der Waals surface area contributed by atoms with Crippen LogP contribution in [0.3, 0.4) is 0 Å². The van der Waals surface area contributed by atoms with Gasteiger partial charge in [0, 0.05) is 12.8 Å². The maximum atomic E-state index is 13.6. The fraction of sp³-hybridized carbons (Fsp3) is 0.726. The summed E-state index contributed by atoms with van der Waals surface area (Å²) in [5.74, 6) is -0.558. The van der Waals surface area contributed by atoms with E-state index in [0.29, 0.717) is 17.4 Å². The summed E-state index contributed by atoms with van der Waals surface area (Å²) in [4.78, 5) is 40.1. The van der Waals surface area contributed by atoms with Crippen LogP contribution in [0.15, 0.2) is 109 Å². The Labute approximate surface area is 512 Å². The second kappa shape index (κ2) is 61.7. The number of hydrogen-bond acceptors (Lipinski definition) is 7. The molecular weight excluding hydrogens is 1050 g/mol. The van der Waals surface area contributed by atoms with E-state index in [-0.39, 0.29) is 24.9 Å². The van der Waals surface area contributed by atoms with Crippen LogP contribution in [-0.4, -0.2) is 69.4 Å². The summed E-state index contributed by atoms with van der Waals surface area (Å²) in [6.07, 6.45) is 84.9. The molecule has 0 saturated carbocycles. The molecule has 0 aromatic rings. The third-order valence-corrected chi connectivity index (χ3v) is 15.7. The Morgan fingerprint density at radius 3 is 1.18 bits per heavy atom. The first-order valence-electron chi connectivity index (χ1n) is 34.2. The van der Waals surface area contributed by atoms with E-state index in [9.17, 15) is 19.0 Å². The van der Waals surface area contributed by atoms with Gasteiger partial charge in [-0.2, -0.15) is 0 Å². The van der Waals surface area contributed by atoms with E-state index in [1.54, 1.807) is 0 Å². The van der Waals surface area contributed by atoms with Crippen LogP contribution in [-0.2, 0) is 27.9 Å². The monoisotopic (exact) mass is 1180 g/mol. The highest BCUT2D eigenvalue weighted by Gasteiger charge is 2.27. The summed E-state index contributed by atoms with van der Waals surface area (Å²) in [6.45, 7) is 6.69. The Balaban J connectivity index is 5.11. The van der Waals surface area contributed by atoms with Gasteiger partial charge in [0.2, 0.25) is 5.91 Å². The number of rotatable bonds is 61. The number of unbranched alkanes of at least 4 members (excludes halogenated alkanes) is 29. The lowest BCUT2D eigenvalue weighted by molar-refractivity contribution is -0.870. The summed E-state index contributed by atoms with van der Waals surface area (Å²) in [5.41, 5.74) is 0. The predicted molar refractivity (Wildman–Crippen MR) is 357 cm³/mol. The van der Waals surface area contributed by atoms with Gasteiger partial charge in [0.15, 0.2) is 0 Å². The number of ether oxygens (including phenoxy) is 1. The minimum absolute atomic E-state index is 0.0297. The van der Waals surface area contributed by atoms with Crippen molar-refractivity contribution < 1.29 is 37.3 Å². The first-order chi connectivity index (χ1) is 40.4. The Bertz CT molecular complexity index is 1790. The van der Waals surface area contributed by atoms with Crippen LogP contribution >= 0.6 is 7.82 Å². The third kappa shape index (κ3) is 63.0. The zero-order chi connectivity index (χ0) is 60.7. The number of amides is 1. The van der Waals surface area contributed by atoms with Crippen molar-refractivity contribution in [3.63, 3.8) is 0 Å². The van der Waals surface area contributed by atoms with E-state index >= 15 is 0 Å². The molecular formula is C73H129N2O7P. The lowest BCUT2D eigenvalue weighted by Crippen LogP contribution is -2.47. The van der Waals surface area contributed by atoms with Crippen molar-refractivity contribution in [2.24, 2.45) is 0 Å². The highest BCUT2D eigenvalue weighted by Crippen LogP contribution is 2.38. The molecule has 0 spiro atoms. The molecule has 0 saturated heterocycles. The molecule has 0 rings (SSSR count). The molecule has 83 heavy (non-hydrogen) atoms. The van der Waals surface area contributed by atoms with Crippen molar-refractivity contribution in [3.8, 4) is 0 Å². The number of nitrogens with zero attached hydrogens (tertiary/aromatic N) is 1. The Morgan fingerprint density at radius 1 is 0.434 bits per heavy atom. The zero-order valence-corrected chi connectivity index (χ0v) is 55.5. The Morgan fingerprint density at radius 2 is 0.771 bits per heavy atom. The number of likely N-dealkylation sites (N-methyl/N-ethyl adjacent to an activating group) is 1. The van der Waals surface area contributed by atoms with Crippen molar-refractivity contribution in [3.05, 3.63) is 109 Å². The van der Waals surface area contributed by atoms with Crippen molar-refractivity contribution in [1.29, 1.82) is 0 Å². The van der Waals surface area contributed by atoms with Crippen molar-refractivity contribution in [2.45, 2.75) is 303 Å². The largest absolute Gasteiger partial charge is 0.756 e. The second-order valence-corrected chi connectivity index (χ2v) is 25.4. The van der Waals surface area contributed by atoms with Gasteiger partial charge in [0.05, 0.1) is 33.8 Å². The Hall–Kier alpha value is -3.33. The minimum Gasteiger partial charge on any atom is -0.756 e. The molecule has 0 aliphatic carbocycles. The summed E-state index contributed by atoms with van der Waals surface area (Å²) >= 11 is 0. The predicted octanol–water partition coefficient (Wildman–Crippen LogP) is 21.0. The number of esters is 1. The van der Waals surface area contributed by atoms with E-state index in [1.165, 1.54) is 128 Å². The fourth-order valence-electron chi connectivity index (χ4n) is 9.44. The van der Waals surface area contributed by atoms with Gasteiger partial charge in [-0.3, -0.25) is 14.2 Å². The van der Waals surface area contributed by atoms with E-state index in [2.05, 4.69) is 123 Å². The van der Waals surface area contributed by atoms with Crippen LogP contribution < -0.4 is 10.2 Å². The average Bonchev–Trinajstić information content (AvgIpc) is 3.51. The number of carbonyl (C=O) groups is 2. The SMILES string of the molecule is CC/C=C\C/C=C\C/C=C\C/C=C\C/C=C\CCCCCCCCCCCC(=O)OC(/C=C/CCCCCCCCCCC)C(COP(=O)([O-])OCC[N+](C)(C)C)NC(=O)CCCCCCCCCC/C=C\C/C=C\C/C=C\CCCCC. The molecule has 478 valence electrons. The van der Waals surface area contributed by atoms with Crippen molar-refractivity contribution in [1.82, 2.24) is 5.32 Å². The average molecular weight is 1180 g/mol. The molecule has 0 heterocycles. The van der Waals surface area contributed by atoms with E-state index in [0.717, 1.165) is 128 Å². The molecule has 3 unspecified atom stereocenters. The first kappa shape index (κ1) is 79.7. The van der Waals surface area contributed by atoms with E-state index < -0.39 is 26.6 Å². The summed E-state index contributed by atoms with van der Waals surface area (Å²) in [7, 11) is 1.17. The van der Waals surface area contributed by atoms with Gasteiger partial charge >= 0.3 is 5.97 Å². The van der Waals surface area contributed by atoms with E-state index in [1.807, 2.05) is 33.3 Å². The van der Waals surface area contributed by atoms with Gasteiger partial charge in [0.1, 0.15) is 19.3 Å². The standard InChI is InChI=1S/C73H129N2O7P/c1-7-10-13-16-19-22-25-27-29-31-33-35-36-37-38-40-42-44-46-48-51-54-57-60-63-66-73(77)82-71(64-61-58-55-52-49-24-21-18-15-12-9-3)70(69-81-83(78,79)80-68-67-75(4,5)6)74-72(76)65-62-59-56-53-50-47-45-43-41-39-34-32-30-28-26-23-20-17-14-11-8-2/h10,13,19-20,22-23,27-30,33-35,37-39,61,64,70-71H,7-9,11-12,14-18,21,24-26,31-32,36,40-60,62-63,65-69H2,1-6H3,(H-,74,76,78,79)/b13-10-,22-19-,23-20-,29-27-,30-28-,35-33-,38-37-,39-34-,64-61+. The number of phosphoric ester groups is 1. The summed E-state index contributed by atoms with van der Waals surface area (Å²) < 4.78 is 30.4. The van der Waals surface area contributed by atoms with Crippen LogP contribution in [0.1, 0.15) is 290 Å². The lowest BCUT2D eigenvalue weighted by Gasteiger charge is -2.30. The smallest absolute Gasteiger partial charge is 0.306 e. The van der Waals surface area contributed by atoms with Gasteiger partial charge in [-0.15, -0.1) is 0 Å². The minimum atomic E-state index is -4.71. The number of hydrogen-bond donors (Lipinski definition) is 1. The van der Waals surface area contributed by atoms with Crippen LogP contribution in [0.25, 0.3) is 0 Å². The van der Waals surface area contributed by atoms with Gasteiger partial charge in [-0.1, -0.05) is 272 Å². The highest BCUT2D eigenvalue weighted by atomic mass is 31.2. The van der Waals surface area contributed by atoms with Gasteiger partial charge in [-0.05, 0) is 115 Å². The molecule has 0 radical (unpaired) electrons.